The van der Waals surface area contributed by atoms with Gasteiger partial charge in [0.15, 0.2) is 0 Å². The van der Waals surface area contributed by atoms with Crippen LogP contribution in [0.5, 0.6) is 0 Å². The van der Waals surface area contributed by atoms with Gasteiger partial charge in [0.1, 0.15) is 0 Å². The average molecular weight is 310 g/mol. The minimum Gasteiger partial charge on any atom is -0.325 e. The highest BCUT2D eigenvalue weighted by atomic mass is 16.2. The summed E-state index contributed by atoms with van der Waals surface area (Å²) in [4.78, 5) is 24.3. The average Bonchev–Trinajstić information content (AvgIpc) is 2.51. The van der Waals surface area contributed by atoms with Crippen LogP contribution in [0, 0.1) is 13.8 Å². The third kappa shape index (κ3) is 4.42. The Morgan fingerprint density at radius 3 is 2.39 bits per heavy atom. The predicted molar refractivity (Wildman–Crippen MR) is 93.8 cm³/mol. The number of anilines is 2. The molecule has 4 heteroatoms. The van der Waals surface area contributed by atoms with Crippen LogP contribution in [0.4, 0.5) is 11.4 Å². The second kappa shape index (κ2) is 7.58. The van der Waals surface area contributed by atoms with Crippen molar-refractivity contribution in [3.8, 4) is 0 Å². The molecule has 0 aliphatic heterocycles. The van der Waals surface area contributed by atoms with Gasteiger partial charge >= 0.3 is 0 Å². The maximum atomic E-state index is 12.5. The first kappa shape index (κ1) is 16.7. The Morgan fingerprint density at radius 1 is 0.957 bits per heavy atom. The highest BCUT2D eigenvalue weighted by molar-refractivity contribution is 6.10. The maximum absolute atomic E-state index is 12.5. The third-order valence-electron chi connectivity index (χ3n) is 3.69. The van der Waals surface area contributed by atoms with E-state index in [9.17, 15) is 9.59 Å². The Bertz CT molecular complexity index is 723. The summed E-state index contributed by atoms with van der Waals surface area (Å²) in [6.45, 7) is 5.97. The van der Waals surface area contributed by atoms with Gasteiger partial charge in [0, 0.05) is 12.1 Å². The molecule has 0 saturated carbocycles. The first-order valence-corrected chi connectivity index (χ1v) is 7.78. The molecule has 0 bridgehead atoms. The molecule has 0 aliphatic rings. The Hall–Kier alpha value is -2.62. The normalized spacial score (nSPS) is 10.2. The van der Waals surface area contributed by atoms with Crippen LogP contribution in [0.3, 0.4) is 0 Å². The first-order valence-electron chi connectivity index (χ1n) is 7.78. The molecular formula is C19H22N2O2. The van der Waals surface area contributed by atoms with Crippen LogP contribution >= 0.6 is 0 Å². The number of para-hydroxylation sites is 1. The number of nitrogens with one attached hydrogen (secondary N) is 2. The van der Waals surface area contributed by atoms with E-state index in [1.165, 1.54) is 5.56 Å². The van der Waals surface area contributed by atoms with E-state index in [4.69, 9.17) is 0 Å². The van der Waals surface area contributed by atoms with Crippen LogP contribution in [0.1, 0.15) is 41.3 Å². The molecule has 120 valence electrons. The topological polar surface area (TPSA) is 58.2 Å². The van der Waals surface area contributed by atoms with Gasteiger partial charge in [-0.1, -0.05) is 25.1 Å². The van der Waals surface area contributed by atoms with Gasteiger partial charge in [-0.2, -0.15) is 0 Å². The molecule has 0 spiro atoms. The second-order valence-electron chi connectivity index (χ2n) is 5.60. The summed E-state index contributed by atoms with van der Waals surface area (Å²) in [7, 11) is 0. The molecule has 2 N–H and O–H groups in total. The van der Waals surface area contributed by atoms with Crippen molar-refractivity contribution in [3.63, 3.8) is 0 Å². The number of hydrogen-bond donors (Lipinski definition) is 2. The van der Waals surface area contributed by atoms with Crippen molar-refractivity contribution in [1.82, 2.24) is 0 Å². The molecule has 2 aromatic carbocycles. The van der Waals surface area contributed by atoms with Gasteiger partial charge in [-0.05, 0) is 55.7 Å². The van der Waals surface area contributed by atoms with Gasteiger partial charge in [0.2, 0.25) is 5.91 Å². The quantitative estimate of drug-likeness (QED) is 0.865. The van der Waals surface area contributed by atoms with Crippen LogP contribution in [-0.2, 0) is 4.79 Å². The summed E-state index contributed by atoms with van der Waals surface area (Å²) in [6, 6.07) is 12.8. The monoisotopic (exact) mass is 310 g/mol. The summed E-state index contributed by atoms with van der Waals surface area (Å²) in [5.41, 5.74) is 4.03. The SMILES string of the molecule is CCCC(=O)Nc1ccccc1C(=O)Nc1ccc(C)c(C)c1. The number of rotatable bonds is 5. The third-order valence-corrected chi connectivity index (χ3v) is 3.69. The maximum Gasteiger partial charge on any atom is 0.257 e. The smallest absolute Gasteiger partial charge is 0.257 e. The number of carbonyl (C=O) groups excluding carboxylic acids is 2. The zero-order valence-electron chi connectivity index (χ0n) is 13.8. The van der Waals surface area contributed by atoms with Crippen molar-refractivity contribution in [1.29, 1.82) is 0 Å². The molecule has 0 saturated heterocycles. The van der Waals surface area contributed by atoms with Crippen LogP contribution in [0.15, 0.2) is 42.5 Å². The molecule has 4 nitrogen and oxygen atoms in total. The summed E-state index contributed by atoms with van der Waals surface area (Å²) in [5.74, 6) is -0.320. The summed E-state index contributed by atoms with van der Waals surface area (Å²) in [6.07, 6.45) is 1.20. The Morgan fingerprint density at radius 2 is 1.70 bits per heavy atom. The number of aryl methyl sites for hydroxylation is 2. The Labute approximate surface area is 136 Å². The lowest BCUT2D eigenvalue weighted by Gasteiger charge is -2.12. The van der Waals surface area contributed by atoms with E-state index in [0.717, 1.165) is 17.7 Å². The molecule has 2 amide bonds. The lowest BCUT2D eigenvalue weighted by molar-refractivity contribution is -0.116. The van der Waals surface area contributed by atoms with E-state index in [1.54, 1.807) is 24.3 Å². The summed E-state index contributed by atoms with van der Waals surface area (Å²) >= 11 is 0. The van der Waals surface area contributed by atoms with Gasteiger partial charge in [0.25, 0.3) is 5.91 Å². The van der Waals surface area contributed by atoms with Crippen LogP contribution < -0.4 is 10.6 Å². The molecule has 0 heterocycles. The van der Waals surface area contributed by atoms with Gasteiger partial charge < -0.3 is 10.6 Å². The summed E-state index contributed by atoms with van der Waals surface area (Å²) < 4.78 is 0. The first-order chi connectivity index (χ1) is 11.0. The number of amides is 2. The molecular weight excluding hydrogens is 288 g/mol. The number of hydrogen-bond acceptors (Lipinski definition) is 2. The van der Waals surface area contributed by atoms with E-state index in [0.29, 0.717) is 17.7 Å². The fraction of sp³-hybridized carbons (Fsp3) is 0.263. The molecule has 0 atom stereocenters. The standard InChI is InChI=1S/C19H22N2O2/c1-4-7-18(22)21-17-9-6-5-8-16(17)19(23)20-15-11-10-13(2)14(3)12-15/h5-6,8-12H,4,7H2,1-3H3,(H,20,23)(H,21,22). The molecule has 0 aromatic heterocycles. The molecule has 0 fully saturated rings. The zero-order valence-corrected chi connectivity index (χ0v) is 13.8. The van der Waals surface area contributed by atoms with Gasteiger partial charge in [-0.15, -0.1) is 0 Å². The van der Waals surface area contributed by atoms with E-state index < -0.39 is 0 Å². The fourth-order valence-electron chi connectivity index (χ4n) is 2.25. The van der Waals surface area contributed by atoms with Crippen molar-refractivity contribution < 1.29 is 9.59 Å². The lowest BCUT2D eigenvalue weighted by Crippen LogP contribution is -2.18. The van der Waals surface area contributed by atoms with Crippen LogP contribution in [0.2, 0.25) is 0 Å². The van der Waals surface area contributed by atoms with Gasteiger partial charge in [0.05, 0.1) is 11.3 Å². The zero-order chi connectivity index (χ0) is 16.8. The minimum absolute atomic E-state index is 0.0843. The highest BCUT2D eigenvalue weighted by Crippen LogP contribution is 2.19. The Kier molecular flexibility index (Phi) is 5.52. The van der Waals surface area contributed by atoms with Crippen molar-refractivity contribution in [2.45, 2.75) is 33.6 Å². The molecule has 23 heavy (non-hydrogen) atoms. The molecule has 2 rings (SSSR count). The number of carbonyl (C=O) groups is 2. The van der Waals surface area contributed by atoms with Crippen molar-refractivity contribution in [2.24, 2.45) is 0 Å². The molecule has 0 radical (unpaired) electrons. The van der Waals surface area contributed by atoms with Crippen LogP contribution in [-0.4, -0.2) is 11.8 Å². The van der Waals surface area contributed by atoms with E-state index in [1.807, 2.05) is 39.0 Å². The van der Waals surface area contributed by atoms with Crippen molar-refractivity contribution in [2.75, 3.05) is 10.6 Å². The lowest BCUT2D eigenvalue weighted by atomic mass is 10.1. The molecule has 0 unspecified atom stereocenters. The molecule has 0 aliphatic carbocycles. The van der Waals surface area contributed by atoms with Crippen molar-refractivity contribution >= 4 is 23.2 Å². The number of benzene rings is 2. The van der Waals surface area contributed by atoms with E-state index >= 15 is 0 Å². The second-order valence-corrected chi connectivity index (χ2v) is 5.60. The summed E-state index contributed by atoms with van der Waals surface area (Å²) in [5, 5.41) is 5.68. The Balaban J connectivity index is 2.18. The fourth-order valence-corrected chi connectivity index (χ4v) is 2.25. The van der Waals surface area contributed by atoms with E-state index in [-0.39, 0.29) is 11.8 Å². The predicted octanol–water partition coefficient (Wildman–Crippen LogP) is 4.29. The van der Waals surface area contributed by atoms with Gasteiger partial charge in [-0.3, -0.25) is 9.59 Å². The minimum atomic E-state index is -0.236. The van der Waals surface area contributed by atoms with E-state index in [2.05, 4.69) is 10.6 Å². The molecule has 2 aromatic rings. The largest absolute Gasteiger partial charge is 0.325 e. The highest BCUT2D eigenvalue weighted by Gasteiger charge is 2.13. The van der Waals surface area contributed by atoms with Crippen LogP contribution in [0.25, 0.3) is 0 Å². The van der Waals surface area contributed by atoms with Crippen molar-refractivity contribution in [3.05, 3.63) is 59.2 Å². The van der Waals surface area contributed by atoms with Gasteiger partial charge in [-0.25, -0.2) is 0 Å².